The number of unbranched alkanes of at least 4 members (excludes halogenated alkanes) is 1. The zero-order chi connectivity index (χ0) is 20.6. The average Bonchev–Trinajstić information content (AvgIpc) is 3.03. The molecule has 9 heteroatoms. The summed E-state index contributed by atoms with van der Waals surface area (Å²) in [6, 6.07) is 7.81. The molecule has 3 rings (SSSR count). The Balaban J connectivity index is 1.36. The molecule has 2 heterocycles. The van der Waals surface area contributed by atoms with Crippen LogP contribution in [0.15, 0.2) is 24.3 Å². The molecule has 160 valence electrons. The number of piperazine rings is 1. The lowest BCUT2D eigenvalue weighted by Crippen LogP contribution is -2.46. The van der Waals surface area contributed by atoms with Crippen LogP contribution in [-0.4, -0.2) is 91.9 Å². The largest absolute Gasteiger partial charge is 0.495 e. The van der Waals surface area contributed by atoms with E-state index in [1.807, 2.05) is 18.2 Å². The van der Waals surface area contributed by atoms with Gasteiger partial charge in [0.15, 0.2) is 0 Å². The molecule has 3 amide bonds. The summed E-state index contributed by atoms with van der Waals surface area (Å²) in [6.07, 6.45) is 1.72. The maximum absolute atomic E-state index is 12.2. The molecule has 2 fully saturated rings. The summed E-state index contributed by atoms with van der Waals surface area (Å²) >= 11 is 0.191. The zero-order valence-electron chi connectivity index (χ0n) is 16.9. The van der Waals surface area contributed by atoms with Gasteiger partial charge in [-0.15, -0.1) is 0 Å². The maximum Gasteiger partial charge on any atom is 0.327 e. The quantitative estimate of drug-likeness (QED) is 0.425. The molecule has 2 aliphatic rings. The van der Waals surface area contributed by atoms with Crippen molar-refractivity contribution in [3.05, 3.63) is 24.3 Å². The molecule has 0 unspecified atom stereocenters. The molecule has 0 aliphatic carbocycles. The van der Waals surface area contributed by atoms with E-state index >= 15 is 0 Å². The van der Waals surface area contributed by atoms with Crippen LogP contribution in [-0.2, 0) is 4.79 Å². The monoisotopic (exact) mass is 424 g/mol. The van der Waals surface area contributed by atoms with E-state index in [1.165, 1.54) is 9.80 Å². The van der Waals surface area contributed by atoms with E-state index in [4.69, 9.17) is 4.74 Å². The first kappa shape index (κ1) is 21.7. The molecule has 0 atom stereocenters. The summed E-state index contributed by atoms with van der Waals surface area (Å²) in [5.74, 6) is 0.928. The highest BCUT2D eigenvalue weighted by Gasteiger charge is 2.35. The second-order valence-electron chi connectivity index (χ2n) is 7.27. The Morgan fingerprint density at radius 2 is 1.76 bits per heavy atom. The molecule has 1 aromatic carbocycles. The maximum atomic E-state index is 12.2. The number of halogens is 1. The minimum absolute atomic E-state index is 0.0737. The normalized spacial score (nSPS) is 18.1. The van der Waals surface area contributed by atoms with Crippen LogP contribution < -0.4 is 9.64 Å². The van der Waals surface area contributed by atoms with Crippen LogP contribution in [0.1, 0.15) is 12.8 Å². The van der Waals surface area contributed by atoms with Crippen LogP contribution in [0.3, 0.4) is 0 Å². The molecule has 2 aliphatic heterocycles. The number of para-hydroxylation sites is 2. The molecule has 29 heavy (non-hydrogen) atoms. The average molecular weight is 425 g/mol. The Bertz CT molecular complexity index is 700. The summed E-state index contributed by atoms with van der Waals surface area (Å²) in [6.45, 7) is 5.61. The van der Waals surface area contributed by atoms with Crippen molar-refractivity contribution in [1.29, 1.82) is 0 Å². The summed E-state index contributed by atoms with van der Waals surface area (Å²) in [7, 11) is 1.70. The topological polar surface area (TPSA) is 56.3 Å². The lowest BCUT2D eigenvalue weighted by Gasteiger charge is -2.36. The van der Waals surface area contributed by atoms with E-state index in [9.17, 15) is 13.5 Å². The van der Waals surface area contributed by atoms with Gasteiger partial charge in [-0.1, -0.05) is 12.1 Å². The van der Waals surface area contributed by atoms with Crippen molar-refractivity contribution in [3.8, 4) is 5.75 Å². The third-order valence-corrected chi connectivity index (χ3v) is 5.81. The minimum Gasteiger partial charge on any atom is -0.495 e. The highest BCUT2D eigenvalue weighted by atomic mass is 32.2. The first-order chi connectivity index (χ1) is 14.1. The predicted octanol–water partition coefficient (Wildman–Crippen LogP) is 2.48. The molecule has 2 saturated heterocycles. The molecule has 1 aromatic rings. The van der Waals surface area contributed by atoms with Gasteiger partial charge < -0.3 is 14.5 Å². The molecule has 0 radical (unpaired) electrons. The standard InChI is InChI=1S/C20H29FN4O3S/c1-28-18-7-3-2-6-17(18)23-12-10-22(11-13-23)8-4-5-9-25-19(26)16-24(20(25)27)14-15-29-21/h2-3,6-7H,4-5,8-16H2,1H3. The lowest BCUT2D eigenvalue weighted by atomic mass is 10.2. The molecule has 0 bridgehead atoms. The number of rotatable bonds is 10. The van der Waals surface area contributed by atoms with Gasteiger partial charge in [-0.25, -0.2) is 4.79 Å². The number of anilines is 1. The first-order valence-corrected chi connectivity index (χ1v) is 11.0. The Morgan fingerprint density at radius 1 is 1.03 bits per heavy atom. The number of imide groups is 1. The fraction of sp³-hybridized carbons (Fsp3) is 0.600. The van der Waals surface area contributed by atoms with Crippen molar-refractivity contribution in [3.63, 3.8) is 0 Å². The Morgan fingerprint density at radius 3 is 2.48 bits per heavy atom. The van der Waals surface area contributed by atoms with E-state index in [0.717, 1.165) is 57.0 Å². The van der Waals surface area contributed by atoms with Gasteiger partial charge in [0.05, 0.1) is 12.8 Å². The zero-order valence-corrected chi connectivity index (χ0v) is 17.7. The van der Waals surface area contributed by atoms with Crippen LogP contribution in [0.5, 0.6) is 5.75 Å². The van der Waals surface area contributed by atoms with Gasteiger partial charge in [-0.05, 0) is 31.5 Å². The van der Waals surface area contributed by atoms with Gasteiger partial charge in [0.25, 0.3) is 0 Å². The summed E-state index contributed by atoms with van der Waals surface area (Å²) in [4.78, 5) is 31.7. The van der Waals surface area contributed by atoms with E-state index in [0.29, 0.717) is 6.54 Å². The fourth-order valence-corrected chi connectivity index (χ4v) is 4.13. The molecule has 0 spiro atoms. The fourth-order valence-electron chi connectivity index (χ4n) is 3.84. The van der Waals surface area contributed by atoms with Gasteiger partial charge >= 0.3 is 6.03 Å². The minimum atomic E-state index is -0.283. The van der Waals surface area contributed by atoms with E-state index in [2.05, 4.69) is 15.9 Å². The second kappa shape index (κ2) is 10.7. The smallest absolute Gasteiger partial charge is 0.327 e. The van der Waals surface area contributed by atoms with Gasteiger partial charge in [-0.3, -0.25) is 14.6 Å². The summed E-state index contributed by atoms with van der Waals surface area (Å²) < 4.78 is 17.7. The molecule has 0 saturated carbocycles. The predicted molar refractivity (Wildman–Crippen MR) is 113 cm³/mol. The first-order valence-electron chi connectivity index (χ1n) is 10.1. The number of amides is 3. The van der Waals surface area contributed by atoms with Crippen molar-refractivity contribution < 1.29 is 18.2 Å². The third kappa shape index (κ3) is 5.54. The van der Waals surface area contributed by atoms with Crippen molar-refractivity contribution in [2.45, 2.75) is 12.8 Å². The van der Waals surface area contributed by atoms with Gasteiger partial charge in [0.2, 0.25) is 5.91 Å². The summed E-state index contributed by atoms with van der Waals surface area (Å²) in [5, 5.41) is 0. The van der Waals surface area contributed by atoms with Gasteiger partial charge in [-0.2, -0.15) is 3.89 Å². The Hall–Kier alpha value is -2.00. The van der Waals surface area contributed by atoms with Gasteiger partial charge in [0, 0.05) is 57.2 Å². The van der Waals surface area contributed by atoms with Crippen LogP contribution in [0.2, 0.25) is 0 Å². The molecule has 0 N–H and O–H groups in total. The molecule has 7 nitrogen and oxygen atoms in total. The lowest BCUT2D eigenvalue weighted by molar-refractivity contribution is -0.125. The SMILES string of the molecule is COc1ccccc1N1CCN(CCCCN2C(=O)CN(CCSF)C2=O)CC1. The third-order valence-electron chi connectivity index (χ3n) is 5.47. The number of urea groups is 1. The van der Waals surface area contributed by atoms with Crippen LogP contribution in [0, 0.1) is 0 Å². The number of methoxy groups -OCH3 is 1. The number of ether oxygens (including phenoxy) is 1. The summed E-state index contributed by atoms with van der Waals surface area (Å²) in [5.41, 5.74) is 1.14. The van der Waals surface area contributed by atoms with E-state index in [-0.39, 0.29) is 42.9 Å². The van der Waals surface area contributed by atoms with Crippen molar-refractivity contribution in [2.75, 3.05) is 70.1 Å². The number of benzene rings is 1. The van der Waals surface area contributed by atoms with Crippen molar-refractivity contribution in [2.24, 2.45) is 0 Å². The number of carbonyl (C=O) groups is 2. The van der Waals surface area contributed by atoms with Gasteiger partial charge in [0.1, 0.15) is 12.3 Å². The van der Waals surface area contributed by atoms with Crippen LogP contribution in [0.4, 0.5) is 14.4 Å². The molecule has 0 aromatic heterocycles. The van der Waals surface area contributed by atoms with E-state index in [1.54, 1.807) is 7.11 Å². The second-order valence-corrected chi connectivity index (χ2v) is 7.90. The van der Waals surface area contributed by atoms with Crippen LogP contribution >= 0.6 is 12.1 Å². The van der Waals surface area contributed by atoms with E-state index < -0.39 is 0 Å². The molecular formula is C20H29FN4O3S. The number of carbonyl (C=O) groups excluding carboxylic acids is 2. The highest BCUT2D eigenvalue weighted by Crippen LogP contribution is 2.28. The Labute approximate surface area is 176 Å². The van der Waals surface area contributed by atoms with Crippen LogP contribution in [0.25, 0.3) is 0 Å². The number of hydrogen-bond acceptors (Lipinski definition) is 6. The number of hydrogen-bond donors (Lipinski definition) is 0. The molecular weight excluding hydrogens is 395 g/mol. The highest BCUT2D eigenvalue weighted by molar-refractivity contribution is 7.94. The van der Waals surface area contributed by atoms with Crippen molar-refractivity contribution in [1.82, 2.24) is 14.7 Å². The Kier molecular flexibility index (Phi) is 8.00. The number of nitrogens with zero attached hydrogens (tertiary/aromatic N) is 4. The van der Waals surface area contributed by atoms with Crippen molar-refractivity contribution >= 4 is 29.8 Å².